The van der Waals surface area contributed by atoms with Crippen molar-refractivity contribution in [3.8, 4) is 0 Å². The van der Waals surface area contributed by atoms with Crippen molar-refractivity contribution in [3.05, 3.63) is 60.7 Å². The van der Waals surface area contributed by atoms with Crippen LogP contribution in [0.5, 0.6) is 0 Å². The number of hydrogen-bond acceptors (Lipinski definition) is 4. The first-order chi connectivity index (χ1) is 8.92. The predicted molar refractivity (Wildman–Crippen MR) is 73.0 cm³/mol. The van der Waals surface area contributed by atoms with Crippen molar-refractivity contribution < 1.29 is 16.8 Å². The Morgan fingerprint density at radius 3 is 1.21 bits per heavy atom. The topological polar surface area (TPSA) is 68.3 Å². The monoisotopic (exact) mass is 362 g/mol. The van der Waals surface area contributed by atoms with Crippen LogP contribution < -0.4 is 0 Å². The van der Waals surface area contributed by atoms with Gasteiger partial charge in [0, 0.05) is 0 Å². The quantitative estimate of drug-likeness (QED) is 0.774. The molecule has 0 saturated carbocycles. The van der Waals surface area contributed by atoms with Crippen molar-refractivity contribution in [1.29, 1.82) is 0 Å². The van der Waals surface area contributed by atoms with Gasteiger partial charge in [0.2, 0.25) is 0 Å². The summed E-state index contributed by atoms with van der Waals surface area (Å²) in [6.07, 6.45) is 0. The SMILES string of the molecule is O=S(=O)([Se]S(=O)(=O)c1ccccc1)c1ccccc1. The van der Waals surface area contributed by atoms with Crippen LogP contribution in [0.25, 0.3) is 0 Å². The Morgan fingerprint density at radius 2 is 0.895 bits per heavy atom. The van der Waals surface area contributed by atoms with Gasteiger partial charge in [0.1, 0.15) is 0 Å². The summed E-state index contributed by atoms with van der Waals surface area (Å²) in [6.45, 7) is 0. The molecule has 0 saturated heterocycles. The molecule has 2 aromatic rings. The Kier molecular flexibility index (Phi) is 4.10. The molecule has 0 aromatic heterocycles. The molecule has 2 rings (SSSR count). The molecule has 7 heteroatoms. The van der Waals surface area contributed by atoms with Crippen LogP contribution in [0, 0.1) is 0 Å². The molecule has 0 unspecified atom stereocenters. The summed E-state index contributed by atoms with van der Waals surface area (Å²) in [6, 6.07) is 15.2. The predicted octanol–water partition coefficient (Wildman–Crippen LogP) is 1.47. The van der Waals surface area contributed by atoms with Gasteiger partial charge < -0.3 is 0 Å². The van der Waals surface area contributed by atoms with Crippen molar-refractivity contribution >= 4 is 29.2 Å². The first kappa shape index (κ1) is 14.3. The second-order valence-corrected chi connectivity index (χ2v) is 15.0. The number of hydrogen-bond donors (Lipinski definition) is 0. The van der Waals surface area contributed by atoms with Gasteiger partial charge in [-0.1, -0.05) is 0 Å². The Bertz CT molecular complexity index is 686. The van der Waals surface area contributed by atoms with Crippen LogP contribution in [-0.4, -0.2) is 29.6 Å². The maximum atomic E-state index is 12.1. The summed E-state index contributed by atoms with van der Waals surface area (Å²) < 4.78 is 48.3. The van der Waals surface area contributed by atoms with Crippen LogP contribution in [0.1, 0.15) is 0 Å². The fraction of sp³-hybridized carbons (Fsp3) is 0. The molecule has 0 bridgehead atoms. The van der Waals surface area contributed by atoms with Gasteiger partial charge in [-0.15, -0.1) is 0 Å². The normalized spacial score (nSPS) is 12.2. The average Bonchev–Trinajstić information content (AvgIpc) is 2.40. The van der Waals surface area contributed by atoms with Crippen LogP contribution in [0.2, 0.25) is 0 Å². The summed E-state index contributed by atoms with van der Waals surface area (Å²) >= 11 is -1.58. The third kappa shape index (κ3) is 3.45. The van der Waals surface area contributed by atoms with Crippen LogP contribution in [0.4, 0.5) is 0 Å². The fourth-order valence-electron chi connectivity index (χ4n) is 1.37. The number of benzene rings is 2. The van der Waals surface area contributed by atoms with Crippen molar-refractivity contribution in [2.75, 3.05) is 0 Å². The molecule has 0 aliphatic heterocycles. The van der Waals surface area contributed by atoms with E-state index >= 15 is 0 Å². The van der Waals surface area contributed by atoms with E-state index in [1.165, 1.54) is 24.3 Å². The van der Waals surface area contributed by atoms with Crippen molar-refractivity contribution in [1.82, 2.24) is 0 Å². The van der Waals surface area contributed by atoms with E-state index in [1.54, 1.807) is 36.4 Å². The maximum absolute atomic E-state index is 12.1. The van der Waals surface area contributed by atoms with Crippen LogP contribution in [0.15, 0.2) is 70.5 Å². The zero-order chi connectivity index (χ0) is 13.9. The molecule has 0 heterocycles. The zero-order valence-electron chi connectivity index (χ0n) is 9.63. The van der Waals surface area contributed by atoms with Crippen LogP contribution in [-0.2, 0) is 16.5 Å². The van der Waals surface area contributed by atoms with E-state index in [0.717, 1.165) is 0 Å². The molecule has 0 atom stereocenters. The first-order valence-electron chi connectivity index (χ1n) is 5.23. The van der Waals surface area contributed by atoms with Crippen molar-refractivity contribution in [3.63, 3.8) is 0 Å². The van der Waals surface area contributed by atoms with Gasteiger partial charge in [-0.05, 0) is 0 Å². The summed E-state index contributed by atoms with van der Waals surface area (Å²) in [5.41, 5.74) is 0. The third-order valence-corrected chi connectivity index (χ3v) is 14.6. The van der Waals surface area contributed by atoms with Gasteiger partial charge in [-0.2, -0.15) is 0 Å². The van der Waals surface area contributed by atoms with E-state index < -0.39 is 29.2 Å². The Hall–Kier alpha value is -1.14. The molecule has 2 aromatic carbocycles. The zero-order valence-corrected chi connectivity index (χ0v) is 13.0. The van der Waals surface area contributed by atoms with Crippen LogP contribution >= 0.6 is 0 Å². The molecule has 0 aliphatic carbocycles. The second kappa shape index (κ2) is 5.46. The van der Waals surface area contributed by atoms with E-state index in [2.05, 4.69) is 0 Å². The minimum atomic E-state index is -3.79. The van der Waals surface area contributed by atoms with Gasteiger partial charge in [0.15, 0.2) is 0 Å². The minimum absolute atomic E-state index is 0.0366. The molecule has 0 radical (unpaired) electrons. The molecule has 0 amide bonds. The third-order valence-electron chi connectivity index (χ3n) is 2.24. The molecule has 0 fully saturated rings. The van der Waals surface area contributed by atoms with E-state index in [9.17, 15) is 16.8 Å². The summed E-state index contributed by atoms with van der Waals surface area (Å²) in [4.78, 5) is 0.0732. The van der Waals surface area contributed by atoms with Gasteiger partial charge in [0.25, 0.3) is 0 Å². The fourth-order valence-corrected chi connectivity index (χ4v) is 12.7. The molecule has 4 nitrogen and oxygen atoms in total. The molecule has 100 valence electrons. The summed E-state index contributed by atoms with van der Waals surface area (Å²) in [5.74, 6) is 0. The van der Waals surface area contributed by atoms with E-state index in [4.69, 9.17) is 0 Å². The Morgan fingerprint density at radius 1 is 0.579 bits per heavy atom. The van der Waals surface area contributed by atoms with Gasteiger partial charge in [-0.25, -0.2) is 0 Å². The van der Waals surface area contributed by atoms with Crippen LogP contribution in [0.3, 0.4) is 0 Å². The van der Waals surface area contributed by atoms with Crippen molar-refractivity contribution in [2.24, 2.45) is 0 Å². The Labute approximate surface area is 116 Å². The molecule has 0 aliphatic rings. The second-order valence-electron chi connectivity index (χ2n) is 3.60. The summed E-state index contributed by atoms with van der Waals surface area (Å²) in [7, 11) is -7.58. The van der Waals surface area contributed by atoms with Gasteiger partial charge in [-0.3, -0.25) is 0 Å². The van der Waals surface area contributed by atoms with E-state index in [1.807, 2.05) is 0 Å². The standard InChI is InChI=1S/C12H10O4S2Se/c13-17(14,11-7-3-1-4-8-11)19-18(15,16)12-9-5-2-6-10-12/h1-10H. The molecular weight excluding hydrogens is 351 g/mol. The van der Waals surface area contributed by atoms with E-state index in [0.29, 0.717) is 0 Å². The van der Waals surface area contributed by atoms with Crippen molar-refractivity contribution in [2.45, 2.75) is 9.79 Å². The molecule has 19 heavy (non-hydrogen) atoms. The molecular formula is C12H10O4S2Se. The number of rotatable bonds is 4. The van der Waals surface area contributed by atoms with E-state index in [-0.39, 0.29) is 9.79 Å². The molecule has 0 N–H and O–H groups in total. The Balaban J connectivity index is 2.37. The van der Waals surface area contributed by atoms with Gasteiger partial charge >= 0.3 is 117 Å². The molecule has 0 spiro atoms. The summed E-state index contributed by atoms with van der Waals surface area (Å²) in [5, 5.41) is 0. The van der Waals surface area contributed by atoms with Gasteiger partial charge in [0.05, 0.1) is 0 Å². The first-order valence-corrected chi connectivity index (χ1v) is 12.2. The average molecular weight is 361 g/mol.